The molecule has 4 heteroatoms. The number of hydrogen-bond donors (Lipinski definition) is 1. The van der Waals surface area contributed by atoms with Crippen LogP contribution in [-0.4, -0.2) is 18.1 Å². The fourth-order valence-corrected chi connectivity index (χ4v) is 2.18. The molecule has 0 saturated heterocycles. The maximum absolute atomic E-state index is 12.3. The predicted octanol–water partition coefficient (Wildman–Crippen LogP) is 4.50. The molecule has 1 atom stereocenters. The number of aryl methyl sites for hydroxylation is 2. The van der Waals surface area contributed by atoms with Gasteiger partial charge in [-0.25, -0.2) is 0 Å². The van der Waals surface area contributed by atoms with Gasteiger partial charge < -0.3 is 14.8 Å². The van der Waals surface area contributed by atoms with Crippen LogP contribution < -0.4 is 14.8 Å². The highest BCUT2D eigenvalue weighted by atomic mass is 16.5. The molecular formula is C20H25NO3. The largest absolute Gasteiger partial charge is 0.491 e. The van der Waals surface area contributed by atoms with E-state index in [1.54, 1.807) is 6.92 Å². The molecule has 0 aliphatic carbocycles. The third-order valence-electron chi connectivity index (χ3n) is 3.65. The first kappa shape index (κ1) is 17.9. The highest BCUT2D eigenvalue weighted by Gasteiger charge is 2.15. The Bertz CT molecular complexity index is 693. The van der Waals surface area contributed by atoms with Gasteiger partial charge in [0.15, 0.2) is 6.10 Å². The molecule has 1 N–H and O–H groups in total. The molecule has 2 rings (SSSR count). The van der Waals surface area contributed by atoms with E-state index < -0.39 is 6.10 Å². The average molecular weight is 327 g/mol. The van der Waals surface area contributed by atoms with Crippen LogP contribution >= 0.6 is 0 Å². The van der Waals surface area contributed by atoms with E-state index in [1.165, 1.54) is 5.56 Å². The number of benzene rings is 2. The van der Waals surface area contributed by atoms with Crippen LogP contribution in [0, 0.1) is 13.8 Å². The first-order valence-electron chi connectivity index (χ1n) is 8.16. The second-order valence-electron chi connectivity index (χ2n) is 6.19. The SMILES string of the molecule is Cc1ccc(O[C@H](C)C(=O)Nc2ccc(OC(C)C)cc2)cc1C. The van der Waals surface area contributed by atoms with Gasteiger partial charge in [-0.2, -0.15) is 0 Å². The minimum Gasteiger partial charge on any atom is -0.491 e. The van der Waals surface area contributed by atoms with Gasteiger partial charge in [0, 0.05) is 5.69 Å². The zero-order chi connectivity index (χ0) is 17.7. The number of anilines is 1. The van der Waals surface area contributed by atoms with Crippen LogP contribution in [0.25, 0.3) is 0 Å². The Morgan fingerprint density at radius 3 is 2.08 bits per heavy atom. The normalized spacial score (nSPS) is 11.9. The molecule has 0 bridgehead atoms. The van der Waals surface area contributed by atoms with E-state index in [1.807, 2.05) is 70.2 Å². The zero-order valence-corrected chi connectivity index (χ0v) is 14.9. The molecule has 0 aromatic heterocycles. The van der Waals surface area contributed by atoms with Crippen LogP contribution in [0.3, 0.4) is 0 Å². The molecule has 2 aromatic rings. The molecule has 0 aliphatic rings. The summed E-state index contributed by atoms with van der Waals surface area (Å²) in [6.07, 6.45) is -0.462. The Morgan fingerprint density at radius 1 is 0.875 bits per heavy atom. The van der Waals surface area contributed by atoms with E-state index >= 15 is 0 Å². The van der Waals surface area contributed by atoms with E-state index in [0.29, 0.717) is 11.4 Å². The highest BCUT2D eigenvalue weighted by molar-refractivity contribution is 5.94. The van der Waals surface area contributed by atoms with Crippen molar-refractivity contribution in [1.82, 2.24) is 0 Å². The Kier molecular flexibility index (Phi) is 5.85. The highest BCUT2D eigenvalue weighted by Crippen LogP contribution is 2.19. The quantitative estimate of drug-likeness (QED) is 0.850. The lowest BCUT2D eigenvalue weighted by atomic mass is 10.1. The molecule has 128 valence electrons. The molecule has 24 heavy (non-hydrogen) atoms. The third-order valence-corrected chi connectivity index (χ3v) is 3.65. The lowest BCUT2D eigenvalue weighted by Gasteiger charge is -2.16. The predicted molar refractivity (Wildman–Crippen MR) is 96.8 cm³/mol. The number of rotatable bonds is 6. The van der Waals surface area contributed by atoms with E-state index in [2.05, 4.69) is 5.32 Å². The number of carbonyl (C=O) groups excluding carboxylic acids is 1. The molecule has 0 unspecified atom stereocenters. The molecule has 0 saturated carbocycles. The Labute approximate surface area is 143 Å². The van der Waals surface area contributed by atoms with Crippen molar-refractivity contribution in [3.05, 3.63) is 53.6 Å². The van der Waals surface area contributed by atoms with Gasteiger partial charge >= 0.3 is 0 Å². The maximum Gasteiger partial charge on any atom is 0.265 e. The van der Waals surface area contributed by atoms with Gasteiger partial charge in [-0.15, -0.1) is 0 Å². The van der Waals surface area contributed by atoms with E-state index in [-0.39, 0.29) is 12.0 Å². The van der Waals surface area contributed by atoms with Gasteiger partial charge in [-0.05, 0) is 82.1 Å². The Morgan fingerprint density at radius 2 is 1.50 bits per heavy atom. The summed E-state index contributed by atoms with van der Waals surface area (Å²) in [6, 6.07) is 13.1. The van der Waals surface area contributed by atoms with E-state index in [9.17, 15) is 4.79 Å². The second-order valence-corrected chi connectivity index (χ2v) is 6.19. The Balaban J connectivity index is 1.94. The topological polar surface area (TPSA) is 47.6 Å². The summed E-state index contributed by atoms with van der Waals surface area (Å²) in [5.74, 6) is 1.29. The van der Waals surface area contributed by atoms with E-state index in [4.69, 9.17) is 9.47 Å². The van der Waals surface area contributed by atoms with Crippen LogP contribution in [0.4, 0.5) is 5.69 Å². The summed E-state index contributed by atoms with van der Waals surface area (Å²) in [6.45, 7) is 9.75. The summed E-state index contributed by atoms with van der Waals surface area (Å²) >= 11 is 0. The van der Waals surface area contributed by atoms with Crippen LogP contribution in [0.1, 0.15) is 31.9 Å². The van der Waals surface area contributed by atoms with Crippen LogP contribution in [-0.2, 0) is 4.79 Å². The third kappa shape index (κ3) is 5.01. The summed E-state index contributed by atoms with van der Waals surface area (Å²) in [7, 11) is 0. The standard InChI is InChI=1S/C20H25NO3/c1-13(2)23-18-10-7-17(8-11-18)21-20(22)16(5)24-19-9-6-14(3)15(4)12-19/h6-13,16H,1-5H3,(H,21,22)/t16-/m1/s1. The van der Waals surface area contributed by atoms with Crippen molar-refractivity contribution in [2.75, 3.05) is 5.32 Å². The molecule has 1 amide bonds. The molecule has 0 radical (unpaired) electrons. The van der Waals surface area contributed by atoms with E-state index in [0.717, 1.165) is 11.3 Å². The molecule has 2 aromatic carbocycles. The zero-order valence-electron chi connectivity index (χ0n) is 14.9. The van der Waals surface area contributed by atoms with Gasteiger partial charge in [0.05, 0.1) is 6.10 Å². The average Bonchev–Trinajstić information content (AvgIpc) is 2.52. The fraction of sp³-hybridized carbons (Fsp3) is 0.350. The number of hydrogen-bond acceptors (Lipinski definition) is 3. The number of ether oxygens (including phenoxy) is 2. The van der Waals surface area contributed by atoms with Gasteiger partial charge in [0.25, 0.3) is 5.91 Å². The summed E-state index contributed by atoms with van der Waals surface area (Å²) in [4.78, 5) is 12.3. The first-order chi connectivity index (χ1) is 11.3. The lowest BCUT2D eigenvalue weighted by molar-refractivity contribution is -0.122. The van der Waals surface area contributed by atoms with Crippen molar-refractivity contribution in [3.8, 4) is 11.5 Å². The molecular weight excluding hydrogens is 302 g/mol. The minimum absolute atomic E-state index is 0.122. The van der Waals surface area contributed by atoms with Crippen LogP contribution in [0.2, 0.25) is 0 Å². The first-order valence-corrected chi connectivity index (χ1v) is 8.16. The van der Waals surface area contributed by atoms with Gasteiger partial charge in [0.1, 0.15) is 11.5 Å². The lowest BCUT2D eigenvalue weighted by Crippen LogP contribution is -2.30. The van der Waals surface area contributed by atoms with Crippen LogP contribution in [0.15, 0.2) is 42.5 Å². The fourth-order valence-electron chi connectivity index (χ4n) is 2.18. The second kappa shape index (κ2) is 7.86. The monoisotopic (exact) mass is 327 g/mol. The number of nitrogens with one attached hydrogen (secondary N) is 1. The minimum atomic E-state index is -0.585. The van der Waals surface area contributed by atoms with Crippen molar-refractivity contribution >= 4 is 11.6 Å². The van der Waals surface area contributed by atoms with Crippen molar-refractivity contribution in [2.24, 2.45) is 0 Å². The van der Waals surface area contributed by atoms with Crippen LogP contribution in [0.5, 0.6) is 11.5 Å². The molecule has 4 nitrogen and oxygen atoms in total. The molecule has 0 heterocycles. The molecule has 0 fully saturated rings. The maximum atomic E-state index is 12.3. The van der Waals surface area contributed by atoms with Crippen molar-refractivity contribution in [2.45, 2.75) is 46.8 Å². The van der Waals surface area contributed by atoms with Gasteiger partial charge in [-0.1, -0.05) is 6.07 Å². The van der Waals surface area contributed by atoms with Gasteiger partial charge in [0.2, 0.25) is 0 Å². The number of amides is 1. The summed E-state index contributed by atoms with van der Waals surface area (Å²) < 4.78 is 11.3. The summed E-state index contributed by atoms with van der Waals surface area (Å²) in [5, 5.41) is 2.85. The summed E-state index contributed by atoms with van der Waals surface area (Å²) in [5.41, 5.74) is 3.05. The Hall–Kier alpha value is -2.49. The van der Waals surface area contributed by atoms with Crippen molar-refractivity contribution in [3.63, 3.8) is 0 Å². The molecule has 0 aliphatic heterocycles. The smallest absolute Gasteiger partial charge is 0.265 e. The van der Waals surface area contributed by atoms with Gasteiger partial charge in [-0.3, -0.25) is 4.79 Å². The van der Waals surface area contributed by atoms with Crippen molar-refractivity contribution < 1.29 is 14.3 Å². The number of carbonyl (C=O) groups is 1. The molecule has 0 spiro atoms. The van der Waals surface area contributed by atoms with Crippen molar-refractivity contribution in [1.29, 1.82) is 0 Å².